The highest BCUT2D eigenvalue weighted by Crippen LogP contribution is 2.38. The van der Waals surface area contributed by atoms with Gasteiger partial charge in [0.25, 0.3) is 0 Å². The maximum atomic E-state index is 13.7. The largest absolute Gasteiger partial charge is 0.324 e. The van der Waals surface area contributed by atoms with E-state index in [9.17, 15) is 26.8 Å². The number of fused-ring (bicyclic) bond motifs is 1. The minimum atomic E-state index is -3.88. The zero-order chi connectivity index (χ0) is 22.2. The SMILES string of the molecule is CC(=O)N1c2cc(S(=O)(=O)CCC(=O)Nc3ccc(F)cc3F)c(Br)cc2C[C@H]1C. The second-order valence-electron chi connectivity index (χ2n) is 7.09. The molecule has 0 aliphatic carbocycles. The maximum absolute atomic E-state index is 13.7. The predicted molar refractivity (Wildman–Crippen MR) is 112 cm³/mol. The topological polar surface area (TPSA) is 83.6 Å². The summed E-state index contributed by atoms with van der Waals surface area (Å²) in [4.78, 5) is 25.6. The van der Waals surface area contributed by atoms with Gasteiger partial charge in [0.15, 0.2) is 9.84 Å². The molecule has 0 saturated heterocycles. The molecule has 2 aromatic carbocycles. The molecule has 1 aliphatic rings. The van der Waals surface area contributed by atoms with Gasteiger partial charge in [-0.25, -0.2) is 17.2 Å². The van der Waals surface area contributed by atoms with Crippen LogP contribution in [0.2, 0.25) is 0 Å². The molecule has 0 aromatic heterocycles. The number of hydrogen-bond acceptors (Lipinski definition) is 4. The fourth-order valence-corrected chi connectivity index (χ4v) is 5.93. The fraction of sp³-hybridized carbons (Fsp3) is 0.300. The van der Waals surface area contributed by atoms with Crippen LogP contribution in [-0.4, -0.2) is 32.0 Å². The van der Waals surface area contributed by atoms with Gasteiger partial charge in [0.1, 0.15) is 11.6 Å². The van der Waals surface area contributed by atoms with Gasteiger partial charge in [0, 0.05) is 35.6 Å². The first kappa shape index (κ1) is 22.4. The Morgan fingerprint density at radius 2 is 1.93 bits per heavy atom. The van der Waals surface area contributed by atoms with Crippen molar-refractivity contribution in [3.05, 3.63) is 52.0 Å². The minimum absolute atomic E-state index is 0.0256. The van der Waals surface area contributed by atoms with Gasteiger partial charge >= 0.3 is 0 Å². The highest BCUT2D eigenvalue weighted by molar-refractivity contribution is 9.10. The van der Waals surface area contributed by atoms with Crippen molar-refractivity contribution in [3.63, 3.8) is 0 Å². The summed E-state index contributed by atoms with van der Waals surface area (Å²) in [7, 11) is -3.88. The van der Waals surface area contributed by atoms with Gasteiger partial charge in [-0.2, -0.15) is 0 Å². The fourth-order valence-electron chi connectivity index (χ4n) is 3.48. The Balaban J connectivity index is 1.78. The normalized spacial score (nSPS) is 15.8. The number of sulfone groups is 1. The number of hydrogen-bond donors (Lipinski definition) is 1. The molecule has 1 atom stereocenters. The Hall–Kier alpha value is -2.33. The third-order valence-corrected chi connectivity index (χ3v) is 7.49. The lowest BCUT2D eigenvalue weighted by atomic mass is 10.1. The van der Waals surface area contributed by atoms with E-state index in [4.69, 9.17) is 0 Å². The lowest BCUT2D eigenvalue weighted by Gasteiger charge is -2.21. The maximum Gasteiger partial charge on any atom is 0.225 e. The van der Waals surface area contributed by atoms with Crippen molar-refractivity contribution in [1.29, 1.82) is 0 Å². The van der Waals surface area contributed by atoms with Crippen LogP contribution in [0.15, 0.2) is 39.7 Å². The molecule has 10 heteroatoms. The number of rotatable bonds is 5. The van der Waals surface area contributed by atoms with Crippen molar-refractivity contribution in [3.8, 4) is 0 Å². The van der Waals surface area contributed by atoms with E-state index in [1.807, 2.05) is 6.92 Å². The number of nitrogens with zero attached hydrogens (tertiary/aromatic N) is 1. The Kier molecular flexibility index (Phi) is 6.28. The van der Waals surface area contributed by atoms with Gasteiger partial charge in [-0.05, 0) is 59.1 Å². The summed E-state index contributed by atoms with van der Waals surface area (Å²) >= 11 is 3.27. The molecule has 1 N–H and O–H groups in total. The van der Waals surface area contributed by atoms with Crippen LogP contribution in [0.1, 0.15) is 25.8 Å². The molecular weight excluding hydrogens is 482 g/mol. The summed E-state index contributed by atoms with van der Waals surface area (Å²) in [5.74, 6) is -3.17. The second-order valence-corrected chi connectivity index (χ2v) is 10.0. The van der Waals surface area contributed by atoms with Gasteiger partial charge in [0.05, 0.1) is 16.3 Å². The van der Waals surface area contributed by atoms with Crippen LogP contribution in [-0.2, 0) is 25.8 Å². The van der Waals surface area contributed by atoms with Crippen LogP contribution in [0.4, 0.5) is 20.2 Å². The van der Waals surface area contributed by atoms with Gasteiger partial charge in [-0.1, -0.05) is 0 Å². The van der Waals surface area contributed by atoms with E-state index in [1.165, 1.54) is 13.0 Å². The van der Waals surface area contributed by atoms with Crippen LogP contribution < -0.4 is 10.2 Å². The summed E-state index contributed by atoms with van der Waals surface area (Å²) in [6.07, 6.45) is 0.189. The molecule has 0 bridgehead atoms. The van der Waals surface area contributed by atoms with Crippen molar-refractivity contribution < 1.29 is 26.8 Å². The molecule has 0 radical (unpaired) electrons. The first-order valence-electron chi connectivity index (χ1n) is 9.09. The molecule has 160 valence electrons. The highest BCUT2D eigenvalue weighted by Gasteiger charge is 2.32. The lowest BCUT2D eigenvalue weighted by molar-refractivity contribution is -0.117. The minimum Gasteiger partial charge on any atom is -0.324 e. The zero-order valence-corrected chi connectivity index (χ0v) is 18.6. The average molecular weight is 501 g/mol. The molecule has 30 heavy (non-hydrogen) atoms. The number of anilines is 2. The summed E-state index contributed by atoms with van der Waals surface area (Å²) in [6, 6.07) is 5.70. The number of benzene rings is 2. The third-order valence-electron chi connectivity index (χ3n) is 4.83. The number of halogens is 3. The first-order chi connectivity index (χ1) is 14.0. The van der Waals surface area contributed by atoms with Crippen molar-refractivity contribution in [1.82, 2.24) is 0 Å². The van der Waals surface area contributed by atoms with E-state index in [1.54, 1.807) is 11.0 Å². The van der Waals surface area contributed by atoms with Crippen LogP contribution in [0.25, 0.3) is 0 Å². The van der Waals surface area contributed by atoms with Crippen LogP contribution >= 0.6 is 15.9 Å². The number of amides is 2. The molecule has 0 saturated carbocycles. The average Bonchev–Trinajstić information content (AvgIpc) is 2.96. The van der Waals surface area contributed by atoms with Crippen LogP contribution in [0.3, 0.4) is 0 Å². The summed E-state index contributed by atoms with van der Waals surface area (Å²) in [6.45, 7) is 3.29. The van der Waals surface area contributed by atoms with Crippen molar-refractivity contribution >= 4 is 49.0 Å². The highest BCUT2D eigenvalue weighted by atomic mass is 79.9. The Labute approximate surface area is 181 Å². The molecule has 3 rings (SSSR count). The van der Waals surface area contributed by atoms with Gasteiger partial charge in [-0.15, -0.1) is 0 Å². The molecule has 0 fully saturated rings. The van der Waals surface area contributed by atoms with Crippen molar-refractivity contribution in [2.24, 2.45) is 0 Å². The monoisotopic (exact) mass is 500 g/mol. The molecule has 6 nitrogen and oxygen atoms in total. The molecule has 2 aromatic rings. The Bertz CT molecular complexity index is 1140. The Morgan fingerprint density at radius 3 is 2.57 bits per heavy atom. The molecule has 1 aliphatic heterocycles. The first-order valence-corrected chi connectivity index (χ1v) is 11.5. The number of carbonyl (C=O) groups is 2. The van der Waals surface area contributed by atoms with Crippen molar-refractivity contribution in [2.75, 3.05) is 16.0 Å². The predicted octanol–water partition coefficient (Wildman–Crippen LogP) is 3.83. The molecule has 0 spiro atoms. The van der Waals surface area contributed by atoms with Gasteiger partial charge < -0.3 is 10.2 Å². The van der Waals surface area contributed by atoms with E-state index in [2.05, 4.69) is 21.2 Å². The third kappa shape index (κ3) is 4.54. The Morgan fingerprint density at radius 1 is 1.23 bits per heavy atom. The van der Waals surface area contributed by atoms with E-state index < -0.39 is 39.6 Å². The number of nitrogens with one attached hydrogen (secondary N) is 1. The van der Waals surface area contributed by atoms with Gasteiger partial charge in [-0.3, -0.25) is 9.59 Å². The van der Waals surface area contributed by atoms with E-state index in [-0.39, 0.29) is 22.5 Å². The van der Waals surface area contributed by atoms with Gasteiger partial charge in [0.2, 0.25) is 11.8 Å². The standard InChI is InChI=1S/C20H19BrF2N2O4S/c1-11-7-13-8-15(21)19(10-18(13)25(11)12(2)26)30(28,29)6-5-20(27)24-17-4-3-14(22)9-16(17)23/h3-4,8-11H,5-7H2,1-2H3,(H,24,27)/t11-/m1/s1. The molecule has 1 heterocycles. The zero-order valence-electron chi connectivity index (χ0n) is 16.2. The molecule has 2 amide bonds. The van der Waals surface area contributed by atoms with E-state index >= 15 is 0 Å². The summed E-state index contributed by atoms with van der Waals surface area (Å²) < 4.78 is 52.6. The molecular formula is C20H19BrF2N2O4S. The molecule has 0 unspecified atom stereocenters. The lowest BCUT2D eigenvalue weighted by Crippen LogP contribution is -2.33. The van der Waals surface area contributed by atoms with Crippen LogP contribution in [0, 0.1) is 11.6 Å². The smallest absolute Gasteiger partial charge is 0.225 e. The quantitative estimate of drug-likeness (QED) is 0.676. The van der Waals surface area contributed by atoms with E-state index in [0.29, 0.717) is 22.6 Å². The number of carbonyl (C=O) groups excluding carboxylic acids is 2. The van der Waals surface area contributed by atoms with Crippen molar-refractivity contribution in [2.45, 2.75) is 37.6 Å². The van der Waals surface area contributed by atoms with Crippen LogP contribution in [0.5, 0.6) is 0 Å². The van der Waals surface area contributed by atoms with E-state index in [0.717, 1.165) is 17.7 Å². The summed E-state index contributed by atoms with van der Waals surface area (Å²) in [5.41, 5.74) is 1.16. The second kappa shape index (κ2) is 8.43. The summed E-state index contributed by atoms with van der Waals surface area (Å²) in [5, 5.41) is 2.24.